The lowest BCUT2D eigenvalue weighted by Crippen LogP contribution is -2.33. The fourth-order valence-electron chi connectivity index (χ4n) is 3.68. The van der Waals surface area contributed by atoms with E-state index in [2.05, 4.69) is 22.0 Å². The molecule has 2 saturated carbocycles. The minimum absolute atomic E-state index is 0.338. The topological polar surface area (TPSA) is 53.1 Å². The second kappa shape index (κ2) is 6.72. The largest absolute Gasteiger partial charge is 0.372 e. The molecule has 0 aliphatic heterocycles. The van der Waals surface area contributed by atoms with Crippen LogP contribution in [0.5, 0.6) is 0 Å². The van der Waals surface area contributed by atoms with Gasteiger partial charge in [-0.1, -0.05) is 25.7 Å². The molecular formula is C16H27N3O. The predicted octanol–water partition coefficient (Wildman–Crippen LogP) is 3.03. The maximum atomic E-state index is 6.09. The molecule has 2 fully saturated rings. The Morgan fingerprint density at radius 1 is 1.15 bits per heavy atom. The van der Waals surface area contributed by atoms with E-state index in [1.165, 1.54) is 44.9 Å². The summed E-state index contributed by atoms with van der Waals surface area (Å²) in [5, 5.41) is 4.69. The van der Waals surface area contributed by atoms with Crippen LogP contribution in [0.15, 0.2) is 12.3 Å². The highest BCUT2D eigenvalue weighted by molar-refractivity contribution is 4.99. The van der Waals surface area contributed by atoms with E-state index in [9.17, 15) is 0 Å². The molecule has 0 spiro atoms. The number of nitrogens with zero attached hydrogens (tertiary/aromatic N) is 2. The molecule has 1 aromatic rings. The second-order valence-electron chi connectivity index (χ2n) is 6.36. The van der Waals surface area contributed by atoms with Crippen molar-refractivity contribution in [1.82, 2.24) is 9.78 Å². The van der Waals surface area contributed by atoms with Crippen molar-refractivity contribution in [2.24, 2.45) is 11.7 Å². The fraction of sp³-hybridized carbons (Fsp3) is 0.812. The second-order valence-corrected chi connectivity index (χ2v) is 6.36. The zero-order valence-corrected chi connectivity index (χ0v) is 12.3. The van der Waals surface area contributed by atoms with Crippen LogP contribution in [0, 0.1) is 5.92 Å². The first-order valence-electron chi connectivity index (χ1n) is 8.22. The number of hydrogen-bond acceptors (Lipinski definition) is 3. The molecular weight excluding hydrogens is 250 g/mol. The fourth-order valence-corrected chi connectivity index (χ4v) is 3.68. The smallest absolute Gasteiger partial charge is 0.0910 e. The summed E-state index contributed by atoms with van der Waals surface area (Å²) in [7, 11) is 0. The molecule has 1 aromatic heterocycles. The van der Waals surface area contributed by atoms with E-state index >= 15 is 0 Å². The third-order valence-electron chi connectivity index (χ3n) is 4.95. The van der Waals surface area contributed by atoms with E-state index in [1.807, 2.05) is 0 Å². The Labute approximate surface area is 121 Å². The number of ether oxygens (including phenoxy) is 1. The van der Waals surface area contributed by atoms with Crippen molar-refractivity contribution in [3.05, 3.63) is 18.0 Å². The molecule has 3 rings (SSSR count). The van der Waals surface area contributed by atoms with Gasteiger partial charge in [-0.25, -0.2) is 0 Å². The molecule has 0 amide bonds. The van der Waals surface area contributed by atoms with Crippen LogP contribution in [0.4, 0.5) is 0 Å². The lowest BCUT2D eigenvalue weighted by atomic mass is 9.86. The summed E-state index contributed by atoms with van der Waals surface area (Å²) in [6, 6.07) is 2.73. The van der Waals surface area contributed by atoms with Crippen molar-refractivity contribution < 1.29 is 4.74 Å². The van der Waals surface area contributed by atoms with Crippen molar-refractivity contribution in [3.63, 3.8) is 0 Å². The van der Waals surface area contributed by atoms with Gasteiger partial charge in [-0.2, -0.15) is 5.10 Å². The van der Waals surface area contributed by atoms with Gasteiger partial charge in [-0.3, -0.25) is 4.68 Å². The van der Waals surface area contributed by atoms with Crippen LogP contribution in [-0.4, -0.2) is 22.4 Å². The molecule has 0 bridgehead atoms. The molecule has 112 valence electrons. The van der Waals surface area contributed by atoms with Gasteiger partial charge in [0.15, 0.2) is 0 Å². The summed E-state index contributed by atoms with van der Waals surface area (Å²) >= 11 is 0. The van der Waals surface area contributed by atoms with E-state index in [-0.39, 0.29) is 0 Å². The van der Waals surface area contributed by atoms with E-state index in [0.717, 1.165) is 18.7 Å². The summed E-state index contributed by atoms with van der Waals surface area (Å²) in [6.45, 7) is 1.39. The molecule has 2 unspecified atom stereocenters. The Kier molecular flexibility index (Phi) is 4.73. The molecule has 0 saturated heterocycles. The molecule has 2 aliphatic rings. The van der Waals surface area contributed by atoms with Gasteiger partial charge in [-0.15, -0.1) is 0 Å². The Morgan fingerprint density at radius 2 is 1.90 bits per heavy atom. The highest BCUT2D eigenvalue weighted by atomic mass is 16.5. The van der Waals surface area contributed by atoms with E-state index in [0.29, 0.717) is 24.7 Å². The van der Waals surface area contributed by atoms with Gasteiger partial charge in [-0.05, 0) is 44.2 Å². The number of rotatable bonds is 5. The molecule has 2 aliphatic carbocycles. The number of hydrogen-bond donors (Lipinski definition) is 1. The standard InChI is InChI=1S/C16H27N3O/c17-11-13-5-1-4-8-16(13)20-12-14-9-10-19(18-14)15-6-2-3-7-15/h9-10,13,15-16H,1-8,11-12,17H2. The molecule has 2 atom stereocenters. The SMILES string of the molecule is NCC1CCCCC1OCc1ccn(C2CCCC2)n1. The quantitative estimate of drug-likeness (QED) is 0.900. The van der Waals surface area contributed by atoms with E-state index < -0.39 is 0 Å². The maximum absolute atomic E-state index is 6.09. The molecule has 20 heavy (non-hydrogen) atoms. The highest BCUT2D eigenvalue weighted by Gasteiger charge is 2.25. The minimum Gasteiger partial charge on any atom is -0.372 e. The first-order chi connectivity index (χ1) is 9.86. The average molecular weight is 277 g/mol. The summed E-state index contributed by atoms with van der Waals surface area (Å²) in [5.74, 6) is 0.542. The van der Waals surface area contributed by atoms with Crippen molar-refractivity contribution in [2.75, 3.05) is 6.54 Å². The van der Waals surface area contributed by atoms with Gasteiger partial charge in [0.2, 0.25) is 0 Å². The van der Waals surface area contributed by atoms with E-state index in [4.69, 9.17) is 10.5 Å². The van der Waals surface area contributed by atoms with Crippen LogP contribution >= 0.6 is 0 Å². The summed E-state index contributed by atoms with van der Waals surface area (Å²) in [5.41, 5.74) is 6.92. The van der Waals surface area contributed by atoms with Gasteiger partial charge in [0, 0.05) is 6.20 Å². The summed E-state index contributed by atoms with van der Waals surface area (Å²) in [4.78, 5) is 0. The van der Waals surface area contributed by atoms with Gasteiger partial charge >= 0.3 is 0 Å². The Bertz CT molecular complexity index is 412. The Morgan fingerprint density at radius 3 is 2.70 bits per heavy atom. The average Bonchev–Trinajstić information content (AvgIpc) is 3.16. The zero-order chi connectivity index (χ0) is 13.8. The number of nitrogens with two attached hydrogens (primary N) is 1. The van der Waals surface area contributed by atoms with Crippen LogP contribution in [-0.2, 0) is 11.3 Å². The highest BCUT2D eigenvalue weighted by Crippen LogP contribution is 2.29. The Balaban J connectivity index is 1.52. The summed E-state index contributed by atoms with van der Waals surface area (Å²) < 4.78 is 8.24. The molecule has 1 heterocycles. The molecule has 0 aromatic carbocycles. The van der Waals surface area contributed by atoms with Gasteiger partial charge < -0.3 is 10.5 Å². The van der Waals surface area contributed by atoms with Gasteiger partial charge in [0.05, 0.1) is 24.4 Å². The lowest BCUT2D eigenvalue weighted by Gasteiger charge is -2.30. The maximum Gasteiger partial charge on any atom is 0.0910 e. The molecule has 2 N–H and O–H groups in total. The van der Waals surface area contributed by atoms with Crippen molar-refractivity contribution >= 4 is 0 Å². The predicted molar refractivity (Wildman–Crippen MR) is 79.3 cm³/mol. The first kappa shape index (κ1) is 14.1. The number of aromatic nitrogens is 2. The Hall–Kier alpha value is -0.870. The van der Waals surface area contributed by atoms with Crippen LogP contribution in [0.25, 0.3) is 0 Å². The van der Waals surface area contributed by atoms with Gasteiger partial charge in [0.1, 0.15) is 0 Å². The van der Waals surface area contributed by atoms with Crippen molar-refractivity contribution in [1.29, 1.82) is 0 Å². The summed E-state index contributed by atoms with van der Waals surface area (Å²) in [6.07, 6.45) is 12.7. The normalized spacial score (nSPS) is 28.1. The van der Waals surface area contributed by atoms with Crippen LogP contribution < -0.4 is 5.73 Å². The van der Waals surface area contributed by atoms with Crippen LogP contribution in [0.2, 0.25) is 0 Å². The minimum atomic E-state index is 0.338. The monoisotopic (exact) mass is 277 g/mol. The zero-order valence-electron chi connectivity index (χ0n) is 12.3. The van der Waals surface area contributed by atoms with E-state index in [1.54, 1.807) is 0 Å². The molecule has 4 heteroatoms. The third kappa shape index (κ3) is 3.23. The first-order valence-corrected chi connectivity index (χ1v) is 8.22. The van der Waals surface area contributed by atoms with Gasteiger partial charge in [0.25, 0.3) is 0 Å². The molecule has 4 nitrogen and oxygen atoms in total. The van der Waals surface area contributed by atoms with Crippen LogP contribution in [0.3, 0.4) is 0 Å². The van der Waals surface area contributed by atoms with Crippen molar-refractivity contribution in [3.8, 4) is 0 Å². The molecule has 0 radical (unpaired) electrons. The van der Waals surface area contributed by atoms with Crippen LogP contribution in [0.1, 0.15) is 63.1 Å². The lowest BCUT2D eigenvalue weighted by molar-refractivity contribution is -0.0198. The third-order valence-corrected chi connectivity index (χ3v) is 4.95. The van der Waals surface area contributed by atoms with Crippen molar-refractivity contribution in [2.45, 2.75) is 70.1 Å².